The molecule has 1 heterocycles. The van der Waals surface area contributed by atoms with Crippen LogP contribution in [0.5, 0.6) is 0 Å². The Morgan fingerprint density at radius 1 is 1.35 bits per heavy atom. The van der Waals surface area contributed by atoms with E-state index in [1.165, 1.54) is 4.90 Å². The van der Waals surface area contributed by atoms with Crippen LogP contribution >= 0.6 is 0 Å². The molecule has 1 aliphatic heterocycles. The Morgan fingerprint density at radius 3 is 2.70 bits per heavy atom. The summed E-state index contributed by atoms with van der Waals surface area (Å²) < 4.78 is 0. The zero-order valence-corrected chi connectivity index (χ0v) is 14.5. The monoisotopic (exact) mass is 319 g/mol. The van der Waals surface area contributed by atoms with E-state index in [-0.39, 0.29) is 17.9 Å². The summed E-state index contributed by atoms with van der Waals surface area (Å²) in [6, 6.07) is 6.11. The fourth-order valence-electron chi connectivity index (χ4n) is 3.45. The lowest BCUT2D eigenvalue weighted by atomic mass is 9.76. The molecule has 1 unspecified atom stereocenters. The third kappa shape index (κ3) is 3.86. The number of hydrogen-bond donors (Lipinski definition) is 2. The number of amides is 1. The Hall–Kier alpha value is -1.55. The molecule has 0 aliphatic carbocycles. The first kappa shape index (κ1) is 17.8. The topological polar surface area (TPSA) is 60.8 Å². The second kappa shape index (κ2) is 7.35. The van der Waals surface area contributed by atoms with Gasteiger partial charge in [0.05, 0.1) is 5.69 Å². The number of anilines is 1. The normalized spacial score (nSPS) is 17.7. The molecule has 23 heavy (non-hydrogen) atoms. The van der Waals surface area contributed by atoms with Crippen LogP contribution in [0.25, 0.3) is 0 Å². The molecule has 128 valence electrons. The van der Waals surface area contributed by atoms with Crippen LogP contribution in [-0.2, 0) is 5.41 Å². The number of unbranched alkanes of at least 4 members (excludes halogenated alkanes) is 2. The Bertz CT molecular complexity index is 554. The third-order valence-corrected chi connectivity index (χ3v) is 5.08. The van der Waals surface area contributed by atoms with Gasteiger partial charge >= 0.3 is 6.09 Å². The zero-order valence-electron chi connectivity index (χ0n) is 14.5. The van der Waals surface area contributed by atoms with Crippen LogP contribution in [-0.4, -0.2) is 29.5 Å². The van der Waals surface area contributed by atoms with E-state index in [0.717, 1.165) is 48.9 Å². The van der Waals surface area contributed by atoms with Crippen molar-refractivity contribution in [3.8, 4) is 0 Å². The summed E-state index contributed by atoms with van der Waals surface area (Å²) in [5, 5.41) is 19.2. The Morgan fingerprint density at radius 2 is 2.09 bits per heavy atom. The maximum absolute atomic E-state index is 11.6. The number of hydrogen-bond acceptors (Lipinski definition) is 2. The van der Waals surface area contributed by atoms with Crippen LogP contribution < -0.4 is 4.90 Å². The van der Waals surface area contributed by atoms with Crippen molar-refractivity contribution in [1.29, 1.82) is 0 Å². The summed E-state index contributed by atoms with van der Waals surface area (Å²) >= 11 is 0. The second-order valence-electron chi connectivity index (χ2n) is 7.22. The quantitative estimate of drug-likeness (QED) is 0.758. The molecular formula is C19H29NO3. The summed E-state index contributed by atoms with van der Waals surface area (Å²) in [6.45, 7) is 7.13. The highest BCUT2D eigenvalue weighted by Crippen LogP contribution is 2.41. The predicted molar refractivity (Wildman–Crippen MR) is 93.4 cm³/mol. The second-order valence-corrected chi connectivity index (χ2v) is 7.22. The van der Waals surface area contributed by atoms with E-state index in [1.54, 1.807) is 0 Å². The summed E-state index contributed by atoms with van der Waals surface area (Å²) in [4.78, 5) is 13.0. The predicted octanol–water partition coefficient (Wildman–Crippen LogP) is 4.51. The van der Waals surface area contributed by atoms with Crippen LogP contribution in [0.1, 0.15) is 69.9 Å². The molecule has 1 aromatic carbocycles. The van der Waals surface area contributed by atoms with Gasteiger partial charge in [0.15, 0.2) is 0 Å². The van der Waals surface area contributed by atoms with Gasteiger partial charge in [-0.1, -0.05) is 52.2 Å². The van der Waals surface area contributed by atoms with Crippen LogP contribution in [0.15, 0.2) is 18.2 Å². The summed E-state index contributed by atoms with van der Waals surface area (Å²) in [5.74, 6) is 0.0903. The highest BCUT2D eigenvalue weighted by atomic mass is 16.4. The minimum atomic E-state index is -0.898. The molecule has 0 saturated heterocycles. The fourth-order valence-corrected chi connectivity index (χ4v) is 3.45. The van der Waals surface area contributed by atoms with Gasteiger partial charge in [-0.2, -0.15) is 0 Å². The maximum atomic E-state index is 11.6. The molecule has 1 amide bonds. The molecule has 4 heteroatoms. The lowest BCUT2D eigenvalue weighted by molar-refractivity contribution is 0.200. The number of carbonyl (C=O) groups is 1. The van der Waals surface area contributed by atoms with Crippen molar-refractivity contribution in [3.05, 3.63) is 29.3 Å². The van der Waals surface area contributed by atoms with E-state index in [2.05, 4.69) is 32.9 Å². The lowest BCUT2D eigenvalue weighted by Crippen LogP contribution is -2.40. The number of aliphatic hydroxyl groups is 1. The first-order chi connectivity index (χ1) is 10.9. The molecule has 1 aromatic rings. The highest BCUT2D eigenvalue weighted by molar-refractivity contribution is 5.88. The molecule has 0 spiro atoms. The number of carboxylic acid groups (broad SMARTS) is 1. The van der Waals surface area contributed by atoms with Gasteiger partial charge in [0.1, 0.15) is 0 Å². The number of rotatable bonds is 6. The molecule has 0 bridgehead atoms. The van der Waals surface area contributed by atoms with E-state index < -0.39 is 6.09 Å². The summed E-state index contributed by atoms with van der Waals surface area (Å²) in [5.41, 5.74) is 2.91. The average Bonchev–Trinajstić information content (AvgIpc) is 2.51. The number of nitrogens with zero attached hydrogens (tertiary/aromatic N) is 1. The van der Waals surface area contributed by atoms with E-state index in [9.17, 15) is 15.0 Å². The minimum absolute atomic E-state index is 0.0171. The molecule has 2 N–H and O–H groups in total. The van der Waals surface area contributed by atoms with Crippen molar-refractivity contribution in [2.45, 2.75) is 64.2 Å². The van der Waals surface area contributed by atoms with E-state index in [4.69, 9.17) is 0 Å². The summed E-state index contributed by atoms with van der Waals surface area (Å²) in [6.07, 6.45) is 4.28. The van der Waals surface area contributed by atoms with Gasteiger partial charge in [-0.25, -0.2) is 4.79 Å². The Kier molecular flexibility index (Phi) is 5.69. The molecule has 0 radical (unpaired) electrons. The lowest BCUT2D eigenvalue weighted by Gasteiger charge is -2.38. The molecule has 2 rings (SSSR count). The van der Waals surface area contributed by atoms with Gasteiger partial charge in [-0.3, -0.25) is 4.90 Å². The van der Waals surface area contributed by atoms with Crippen molar-refractivity contribution in [1.82, 2.24) is 0 Å². The SMILES string of the molecule is CCCCCC(CO)c1ccc2c(c1)N(C(=O)O)CCC2(C)C. The van der Waals surface area contributed by atoms with Crippen molar-refractivity contribution >= 4 is 11.8 Å². The molecule has 0 saturated carbocycles. The van der Waals surface area contributed by atoms with E-state index in [0.29, 0.717) is 6.54 Å². The maximum Gasteiger partial charge on any atom is 0.411 e. The van der Waals surface area contributed by atoms with Gasteiger partial charge in [0.25, 0.3) is 0 Å². The van der Waals surface area contributed by atoms with Gasteiger partial charge < -0.3 is 10.2 Å². The van der Waals surface area contributed by atoms with Crippen molar-refractivity contribution in [2.75, 3.05) is 18.1 Å². The van der Waals surface area contributed by atoms with Crippen molar-refractivity contribution in [2.24, 2.45) is 0 Å². The smallest absolute Gasteiger partial charge is 0.411 e. The Labute approximate surface area is 139 Å². The van der Waals surface area contributed by atoms with Crippen molar-refractivity contribution < 1.29 is 15.0 Å². The largest absolute Gasteiger partial charge is 0.465 e. The van der Waals surface area contributed by atoms with Crippen LogP contribution in [0, 0.1) is 0 Å². The Balaban J connectivity index is 2.34. The van der Waals surface area contributed by atoms with E-state index >= 15 is 0 Å². The zero-order chi connectivity index (χ0) is 17.0. The van der Waals surface area contributed by atoms with Crippen LogP contribution in [0.3, 0.4) is 0 Å². The first-order valence-electron chi connectivity index (χ1n) is 8.66. The molecule has 4 nitrogen and oxygen atoms in total. The van der Waals surface area contributed by atoms with Crippen molar-refractivity contribution in [3.63, 3.8) is 0 Å². The standard InChI is InChI=1S/C19H29NO3/c1-4-5-6-7-15(13-21)14-8-9-16-17(12-14)20(18(22)23)11-10-19(16,2)3/h8-9,12,15,21H,4-7,10-11,13H2,1-3H3,(H,22,23). The van der Waals surface area contributed by atoms with Gasteiger partial charge in [-0.05, 0) is 35.4 Å². The molecule has 1 atom stereocenters. The average molecular weight is 319 g/mol. The summed E-state index contributed by atoms with van der Waals surface area (Å²) in [7, 11) is 0. The third-order valence-electron chi connectivity index (χ3n) is 5.08. The number of benzene rings is 1. The van der Waals surface area contributed by atoms with Gasteiger partial charge in [0, 0.05) is 19.1 Å². The molecule has 0 aromatic heterocycles. The number of fused-ring (bicyclic) bond motifs is 1. The molecule has 1 aliphatic rings. The first-order valence-corrected chi connectivity index (χ1v) is 8.66. The highest BCUT2D eigenvalue weighted by Gasteiger charge is 2.34. The minimum Gasteiger partial charge on any atom is -0.465 e. The molecule has 0 fully saturated rings. The van der Waals surface area contributed by atoms with Crippen LogP contribution in [0.2, 0.25) is 0 Å². The van der Waals surface area contributed by atoms with E-state index in [1.807, 2.05) is 6.07 Å². The molecular weight excluding hydrogens is 290 g/mol. The fraction of sp³-hybridized carbons (Fsp3) is 0.632. The van der Waals surface area contributed by atoms with Crippen LogP contribution in [0.4, 0.5) is 10.5 Å². The van der Waals surface area contributed by atoms with Gasteiger partial charge in [0.2, 0.25) is 0 Å². The van der Waals surface area contributed by atoms with Gasteiger partial charge in [-0.15, -0.1) is 0 Å². The number of aliphatic hydroxyl groups excluding tert-OH is 1.